The first kappa shape index (κ1) is 19.9. The van der Waals surface area contributed by atoms with Crippen LogP contribution in [-0.2, 0) is 24.3 Å². The topological polar surface area (TPSA) is 115 Å². The first-order chi connectivity index (χ1) is 13.5. The maximum atomic E-state index is 12.6. The first-order valence-electron chi connectivity index (χ1n) is 8.52. The number of rotatable bonds is 6. The summed E-state index contributed by atoms with van der Waals surface area (Å²) in [5.41, 5.74) is 0.686. The second kappa shape index (κ2) is 8.91. The van der Waals surface area contributed by atoms with Gasteiger partial charge in [-0.05, 0) is 36.4 Å². The van der Waals surface area contributed by atoms with E-state index in [0.717, 1.165) is 0 Å². The molecule has 2 heterocycles. The maximum Gasteiger partial charge on any atom is 0.338 e. The molecule has 1 aromatic carbocycles. The molecule has 0 radical (unpaired) electrons. The summed E-state index contributed by atoms with van der Waals surface area (Å²) in [4.78, 5) is 27.7. The molecule has 1 saturated heterocycles. The van der Waals surface area contributed by atoms with Gasteiger partial charge in [0, 0.05) is 31.2 Å². The lowest BCUT2D eigenvalue weighted by Crippen LogP contribution is -2.40. The van der Waals surface area contributed by atoms with E-state index in [1.165, 1.54) is 53.1 Å². The van der Waals surface area contributed by atoms with Crippen LogP contribution in [0.15, 0.2) is 53.7 Å². The summed E-state index contributed by atoms with van der Waals surface area (Å²) >= 11 is 0. The van der Waals surface area contributed by atoms with Crippen LogP contribution in [0.4, 0.5) is 5.69 Å². The summed E-state index contributed by atoms with van der Waals surface area (Å²) in [6.07, 6.45) is 2.90. The van der Waals surface area contributed by atoms with E-state index >= 15 is 0 Å². The number of esters is 1. The van der Waals surface area contributed by atoms with Gasteiger partial charge < -0.3 is 14.8 Å². The smallest absolute Gasteiger partial charge is 0.338 e. The number of carbonyl (C=O) groups excluding carboxylic acids is 2. The van der Waals surface area contributed by atoms with Crippen LogP contribution in [0.2, 0.25) is 0 Å². The lowest BCUT2D eigenvalue weighted by atomic mass is 10.3. The van der Waals surface area contributed by atoms with Crippen molar-refractivity contribution in [2.24, 2.45) is 0 Å². The number of morpholine rings is 1. The van der Waals surface area contributed by atoms with E-state index in [9.17, 15) is 18.0 Å². The molecule has 1 aliphatic heterocycles. The Morgan fingerprint density at radius 3 is 2.36 bits per heavy atom. The van der Waals surface area contributed by atoms with Crippen LogP contribution in [0.25, 0.3) is 0 Å². The van der Waals surface area contributed by atoms with Crippen molar-refractivity contribution in [3.63, 3.8) is 0 Å². The third-order valence-electron chi connectivity index (χ3n) is 4.00. The molecule has 0 aliphatic carbocycles. The van der Waals surface area contributed by atoms with Gasteiger partial charge in [0.1, 0.15) is 0 Å². The number of anilines is 1. The zero-order valence-electron chi connectivity index (χ0n) is 14.9. The van der Waals surface area contributed by atoms with Gasteiger partial charge in [0.05, 0.1) is 23.7 Å². The summed E-state index contributed by atoms with van der Waals surface area (Å²) in [6, 6.07) is 8.76. The molecular weight excluding hydrogens is 386 g/mol. The second-order valence-corrected chi connectivity index (χ2v) is 7.84. The van der Waals surface area contributed by atoms with E-state index in [4.69, 9.17) is 9.47 Å². The molecule has 148 valence electrons. The molecule has 1 fully saturated rings. The van der Waals surface area contributed by atoms with Gasteiger partial charge in [0.15, 0.2) is 6.61 Å². The summed E-state index contributed by atoms with van der Waals surface area (Å²) in [5.74, 6) is -1.17. The fourth-order valence-corrected chi connectivity index (χ4v) is 3.95. The Bertz CT molecular complexity index is 926. The van der Waals surface area contributed by atoms with E-state index in [0.29, 0.717) is 37.6 Å². The molecule has 1 aliphatic rings. The summed E-state index contributed by atoms with van der Waals surface area (Å²) in [7, 11) is -3.59. The van der Waals surface area contributed by atoms with Crippen molar-refractivity contribution in [3.8, 4) is 0 Å². The molecule has 3 rings (SSSR count). The van der Waals surface area contributed by atoms with Crippen LogP contribution in [-0.4, -0.2) is 62.5 Å². The second-order valence-electron chi connectivity index (χ2n) is 5.90. The van der Waals surface area contributed by atoms with Crippen LogP contribution in [0, 0.1) is 0 Å². The molecular formula is C18H19N3O6S. The van der Waals surface area contributed by atoms with Crippen LogP contribution in [0.1, 0.15) is 10.4 Å². The normalized spacial score (nSPS) is 15.0. The lowest BCUT2D eigenvalue weighted by molar-refractivity contribution is -0.119. The highest BCUT2D eigenvalue weighted by atomic mass is 32.2. The summed E-state index contributed by atoms with van der Waals surface area (Å²) in [6.45, 7) is 0.888. The third-order valence-corrected chi connectivity index (χ3v) is 5.91. The van der Waals surface area contributed by atoms with Crippen molar-refractivity contribution in [2.75, 3.05) is 38.2 Å². The highest BCUT2D eigenvalue weighted by Crippen LogP contribution is 2.19. The molecule has 0 unspecified atom stereocenters. The Morgan fingerprint density at radius 2 is 1.71 bits per heavy atom. The van der Waals surface area contributed by atoms with Crippen molar-refractivity contribution in [2.45, 2.75) is 4.90 Å². The lowest BCUT2D eigenvalue weighted by Gasteiger charge is -2.26. The molecule has 9 nitrogen and oxygen atoms in total. The number of hydrogen-bond acceptors (Lipinski definition) is 7. The average Bonchev–Trinajstić information content (AvgIpc) is 2.73. The quantitative estimate of drug-likeness (QED) is 0.710. The molecule has 1 aromatic heterocycles. The fraction of sp³-hybridized carbons (Fsp3) is 0.278. The van der Waals surface area contributed by atoms with Gasteiger partial charge in [-0.25, -0.2) is 13.2 Å². The molecule has 0 spiro atoms. The highest BCUT2D eigenvalue weighted by molar-refractivity contribution is 7.89. The van der Waals surface area contributed by atoms with Gasteiger partial charge in [-0.1, -0.05) is 0 Å². The van der Waals surface area contributed by atoms with E-state index in [1.54, 1.807) is 0 Å². The van der Waals surface area contributed by atoms with E-state index in [-0.39, 0.29) is 4.90 Å². The minimum atomic E-state index is -3.59. The Kier molecular flexibility index (Phi) is 6.34. The Hall–Kier alpha value is -2.82. The number of ether oxygens (including phenoxy) is 2. The number of hydrogen-bond donors (Lipinski definition) is 1. The highest BCUT2D eigenvalue weighted by Gasteiger charge is 2.26. The number of nitrogens with one attached hydrogen (secondary N) is 1. The van der Waals surface area contributed by atoms with Gasteiger partial charge in [-0.3, -0.25) is 9.78 Å². The fourth-order valence-electron chi connectivity index (χ4n) is 2.55. The van der Waals surface area contributed by atoms with Gasteiger partial charge in [-0.15, -0.1) is 0 Å². The Labute approximate surface area is 162 Å². The minimum absolute atomic E-state index is 0.136. The predicted octanol–water partition coefficient (Wildman–Crippen LogP) is 0.898. The molecule has 2 aromatic rings. The SMILES string of the molecule is O=C(COC(=O)c1ccncc1)Nc1ccc(S(=O)(=O)N2CCOCC2)cc1. The van der Waals surface area contributed by atoms with Gasteiger partial charge in [0.25, 0.3) is 5.91 Å². The van der Waals surface area contributed by atoms with Crippen molar-refractivity contribution >= 4 is 27.6 Å². The number of benzene rings is 1. The van der Waals surface area contributed by atoms with E-state index in [2.05, 4.69) is 10.3 Å². The molecule has 0 atom stereocenters. The van der Waals surface area contributed by atoms with Crippen molar-refractivity contribution in [1.82, 2.24) is 9.29 Å². The molecule has 0 saturated carbocycles. The van der Waals surface area contributed by atoms with Crippen molar-refractivity contribution < 1.29 is 27.5 Å². The third kappa shape index (κ3) is 4.91. The monoisotopic (exact) mass is 405 g/mol. The zero-order chi connectivity index (χ0) is 20.0. The minimum Gasteiger partial charge on any atom is -0.452 e. The number of sulfonamides is 1. The number of carbonyl (C=O) groups is 2. The van der Waals surface area contributed by atoms with Crippen molar-refractivity contribution in [3.05, 3.63) is 54.4 Å². The largest absolute Gasteiger partial charge is 0.452 e. The molecule has 10 heteroatoms. The molecule has 0 bridgehead atoms. The zero-order valence-corrected chi connectivity index (χ0v) is 15.7. The van der Waals surface area contributed by atoms with Gasteiger partial charge in [0.2, 0.25) is 10.0 Å². The molecule has 1 N–H and O–H groups in total. The van der Waals surface area contributed by atoms with Crippen LogP contribution >= 0.6 is 0 Å². The van der Waals surface area contributed by atoms with E-state index < -0.39 is 28.5 Å². The molecule has 28 heavy (non-hydrogen) atoms. The van der Waals surface area contributed by atoms with Crippen LogP contribution in [0.5, 0.6) is 0 Å². The average molecular weight is 405 g/mol. The summed E-state index contributed by atoms with van der Waals surface area (Å²) < 4.78 is 36.6. The van der Waals surface area contributed by atoms with Gasteiger partial charge in [-0.2, -0.15) is 4.31 Å². The number of aromatic nitrogens is 1. The maximum absolute atomic E-state index is 12.6. The summed E-state index contributed by atoms with van der Waals surface area (Å²) in [5, 5.41) is 2.55. The van der Waals surface area contributed by atoms with Crippen LogP contribution in [0.3, 0.4) is 0 Å². The number of pyridine rings is 1. The van der Waals surface area contributed by atoms with E-state index in [1.807, 2.05) is 0 Å². The van der Waals surface area contributed by atoms with Gasteiger partial charge >= 0.3 is 5.97 Å². The molecule has 1 amide bonds. The predicted molar refractivity (Wildman–Crippen MR) is 99.2 cm³/mol. The number of amides is 1. The van der Waals surface area contributed by atoms with Crippen LogP contribution < -0.4 is 5.32 Å². The van der Waals surface area contributed by atoms with Crippen molar-refractivity contribution in [1.29, 1.82) is 0 Å². The first-order valence-corrected chi connectivity index (χ1v) is 9.96. The Balaban J connectivity index is 1.55. The standard InChI is InChI=1S/C18H19N3O6S/c22-17(13-27-18(23)14-5-7-19-8-6-14)20-15-1-3-16(4-2-15)28(24,25)21-9-11-26-12-10-21/h1-8H,9-13H2,(H,20,22). The Morgan fingerprint density at radius 1 is 1.07 bits per heavy atom. The number of nitrogens with zero attached hydrogens (tertiary/aromatic N) is 2.